The Balaban J connectivity index is 1.17. The molecule has 0 spiro atoms. The molecule has 0 radical (unpaired) electrons. The van der Waals surface area contributed by atoms with Crippen LogP contribution in [-0.4, -0.2) is 0 Å². The molecule has 0 saturated heterocycles. The van der Waals surface area contributed by atoms with E-state index in [1.165, 1.54) is 80.9 Å². The van der Waals surface area contributed by atoms with Crippen LogP contribution in [0.4, 0.5) is 4.39 Å². The van der Waals surface area contributed by atoms with Crippen LogP contribution in [0.25, 0.3) is 0 Å². The maximum Gasteiger partial charge on any atom is 0.142 e. The summed E-state index contributed by atoms with van der Waals surface area (Å²) in [5.74, 6) is 1.28. The zero-order chi connectivity index (χ0) is 24.5. The molecule has 35 heavy (non-hydrogen) atoms. The smallest absolute Gasteiger partial charge is 0.142 e. The van der Waals surface area contributed by atoms with Gasteiger partial charge in [-0.05, 0) is 116 Å². The molecule has 0 unspecified atom stereocenters. The SMILES string of the molecule is CCCCCc1ccc([C@H]2CC[C@H](CCc3ccc(CCc4ccc(Cl)c(F)c4)cc3)CC2)cc1. The van der Waals surface area contributed by atoms with Crippen molar-refractivity contribution in [2.24, 2.45) is 5.92 Å². The Kier molecular flexibility index (Phi) is 9.83. The van der Waals surface area contributed by atoms with Crippen molar-refractivity contribution in [3.05, 3.63) is 105 Å². The largest absolute Gasteiger partial charge is 0.205 e. The zero-order valence-electron chi connectivity index (χ0n) is 21.2. The highest BCUT2D eigenvalue weighted by molar-refractivity contribution is 6.30. The standard InChI is InChI=1S/C33H40ClF/c1-2-3-4-5-25-14-19-30(20-15-25)31-21-16-28(17-22-31)11-10-26-6-8-27(9-7-26)12-13-29-18-23-32(34)33(35)24-29/h6-9,14-15,18-20,23-24,28,31H,2-5,10-13,16-17,21-22H2,1H3/t28-,31-. The Labute approximate surface area is 216 Å². The molecule has 0 amide bonds. The molecule has 1 fully saturated rings. The third-order valence-electron chi connectivity index (χ3n) is 7.92. The minimum Gasteiger partial charge on any atom is -0.205 e. The van der Waals surface area contributed by atoms with E-state index in [4.69, 9.17) is 11.6 Å². The Bertz CT molecular complexity index is 1030. The first-order chi connectivity index (χ1) is 17.1. The fourth-order valence-electron chi connectivity index (χ4n) is 5.55. The molecule has 0 heterocycles. The summed E-state index contributed by atoms with van der Waals surface area (Å²) in [6.07, 6.45) is 14.8. The second-order valence-corrected chi connectivity index (χ2v) is 10.9. The van der Waals surface area contributed by atoms with Crippen molar-refractivity contribution in [3.63, 3.8) is 0 Å². The Morgan fingerprint density at radius 2 is 1.26 bits per heavy atom. The molecule has 2 heteroatoms. The second-order valence-electron chi connectivity index (χ2n) is 10.5. The number of hydrogen-bond acceptors (Lipinski definition) is 0. The van der Waals surface area contributed by atoms with Gasteiger partial charge in [-0.25, -0.2) is 4.39 Å². The molecule has 0 aromatic heterocycles. The van der Waals surface area contributed by atoms with Crippen molar-refractivity contribution in [2.75, 3.05) is 0 Å². The maximum atomic E-state index is 13.6. The van der Waals surface area contributed by atoms with Crippen molar-refractivity contribution in [1.82, 2.24) is 0 Å². The van der Waals surface area contributed by atoms with Gasteiger partial charge in [0.2, 0.25) is 0 Å². The zero-order valence-corrected chi connectivity index (χ0v) is 22.0. The molecular weight excluding hydrogens is 451 g/mol. The van der Waals surface area contributed by atoms with Crippen molar-refractivity contribution < 1.29 is 4.39 Å². The summed E-state index contributed by atoms with van der Waals surface area (Å²) in [7, 11) is 0. The summed E-state index contributed by atoms with van der Waals surface area (Å²) in [5, 5.41) is 0.193. The van der Waals surface area contributed by atoms with E-state index >= 15 is 0 Å². The Morgan fingerprint density at radius 1 is 0.686 bits per heavy atom. The van der Waals surface area contributed by atoms with Crippen molar-refractivity contribution in [3.8, 4) is 0 Å². The lowest BCUT2D eigenvalue weighted by Crippen LogP contribution is -2.14. The number of rotatable bonds is 11. The Hall–Kier alpha value is -2.12. The van der Waals surface area contributed by atoms with Crippen LogP contribution in [-0.2, 0) is 25.7 Å². The molecule has 1 aliphatic carbocycles. The van der Waals surface area contributed by atoms with Gasteiger partial charge in [-0.15, -0.1) is 0 Å². The van der Waals surface area contributed by atoms with Crippen molar-refractivity contribution in [2.45, 2.75) is 89.9 Å². The highest BCUT2D eigenvalue weighted by Gasteiger charge is 2.22. The van der Waals surface area contributed by atoms with Crippen LogP contribution in [0.1, 0.15) is 92.0 Å². The average Bonchev–Trinajstić information content (AvgIpc) is 2.90. The highest BCUT2D eigenvalue weighted by atomic mass is 35.5. The van der Waals surface area contributed by atoms with Crippen LogP contribution in [0.15, 0.2) is 66.7 Å². The minimum atomic E-state index is -0.329. The normalized spacial score (nSPS) is 18.0. The molecule has 0 bridgehead atoms. The second kappa shape index (κ2) is 13.3. The van der Waals surface area contributed by atoms with Crippen LogP contribution >= 0.6 is 11.6 Å². The third-order valence-corrected chi connectivity index (χ3v) is 8.22. The van der Waals surface area contributed by atoms with Gasteiger partial charge in [-0.2, -0.15) is 0 Å². The molecule has 1 saturated carbocycles. The quantitative estimate of drug-likeness (QED) is 0.234. The summed E-state index contributed by atoms with van der Waals surface area (Å²) in [4.78, 5) is 0. The predicted octanol–water partition coefficient (Wildman–Crippen LogP) is 9.90. The lowest BCUT2D eigenvalue weighted by molar-refractivity contribution is 0.310. The van der Waals surface area contributed by atoms with Crippen LogP contribution in [0.5, 0.6) is 0 Å². The first kappa shape index (κ1) is 26.0. The number of aryl methyl sites for hydroxylation is 4. The maximum absolute atomic E-state index is 13.6. The van der Waals surface area contributed by atoms with Crippen LogP contribution in [0.3, 0.4) is 0 Å². The van der Waals surface area contributed by atoms with E-state index in [0.29, 0.717) is 0 Å². The molecule has 3 aromatic rings. The molecule has 0 nitrogen and oxygen atoms in total. The van der Waals surface area contributed by atoms with E-state index in [1.54, 1.807) is 17.7 Å². The van der Waals surface area contributed by atoms with Crippen molar-refractivity contribution >= 4 is 11.6 Å². The van der Waals surface area contributed by atoms with Gasteiger partial charge >= 0.3 is 0 Å². The lowest BCUT2D eigenvalue weighted by Gasteiger charge is -2.29. The van der Waals surface area contributed by atoms with E-state index in [-0.39, 0.29) is 10.8 Å². The number of halogens is 2. The predicted molar refractivity (Wildman–Crippen MR) is 148 cm³/mol. The summed E-state index contributed by atoms with van der Waals surface area (Å²) < 4.78 is 13.6. The average molecular weight is 491 g/mol. The third kappa shape index (κ3) is 7.94. The van der Waals surface area contributed by atoms with Gasteiger partial charge in [0.15, 0.2) is 0 Å². The van der Waals surface area contributed by atoms with Gasteiger partial charge in [0.25, 0.3) is 0 Å². The van der Waals surface area contributed by atoms with Gasteiger partial charge in [-0.3, -0.25) is 0 Å². The molecule has 3 aromatic carbocycles. The molecule has 0 atom stereocenters. The van der Waals surface area contributed by atoms with Crippen LogP contribution in [0.2, 0.25) is 5.02 Å². The number of benzene rings is 3. The molecule has 0 aliphatic heterocycles. The summed E-state index contributed by atoms with van der Waals surface area (Å²) in [6.45, 7) is 2.27. The van der Waals surface area contributed by atoms with E-state index < -0.39 is 0 Å². The molecule has 186 valence electrons. The Morgan fingerprint density at radius 3 is 1.91 bits per heavy atom. The first-order valence-corrected chi connectivity index (χ1v) is 14.1. The van der Waals surface area contributed by atoms with E-state index in [0.717, 1.165) is 30.2 Å². The topological polar surface area (TPSA) is 0 Å². The summed E-state index contributed by atoms with van der Waals surface area (Å²) in [6, 6.07) is 23.7. The molecule has 0 N–H and O–H groups in total. The van der Waals surface area contributed by atoms with Crippen molar-refractivity contribution in [1.29, 1.82) is 0 Å². The van der Waals surface area contributed by atoms with Gasteiger partial charge < -0.3 is 0 Å². The highest BCUT2D eigenvalue weighted by Crippen LogP contribution is 2.37. The van der Waals surface area contributed by atoms with Crippen LogP contribution < -0.4 is 0 Å². The number of hydrogen-bond donors (Lipinski definition) is 0. The summed E-state index contributed by atoms with van der Waals surface area (Å²) in [5.41, 5.74) is 6.79. The monoisotopic (exact) mass is 490 g/mol. The first-order valence-electron chi connectivity index (χ1n) is 13.7. The fourth-order valence-corrected chi connectivity index (χ4v) is 5.66. The molecule has 1 aliphatic rings. The molecule has 4 rings (SSSR count). The van der Waals surface area contributed by atoms with E-state index in [1.807, 2.05) is 6.07 Å². The number of unbranched alkanes of at least 4 members (excludes halogenated alkanes) is 2. The van der Waals surface area contributed by atoms with Gasteiger partial charge in [-0.1, -0.05) is 86.0 Å². The van der Waals surface area contributed by atoms with E-state index in [2.05, 4.69) is 55.5 Å². The lowest BCUT2D eigenvalue weighted by atomic mass is 9.77. The summed E-state index contributed by atoms with van der Waals surface area (Å²) >= 11 is 5.78. The van der Waals surface area contributed by atoms with Crippen LogP contribution in [0, 0.1) is 11.7 Å². The van der Waals surface area contributed by atoms with Gasteiger partial charge in [0.1, 0.15) is 5.82 Å². The minimum absolute atomic E-state index is 0.193. The fraction of sp³-hybridized carbons (Fsp3) is 0.455. The van der Waals surface area contributed by atoms with Gasteiger partial charge in [0, 0.05) is 0 Å². The van der Waals surface area contributed by atoms with Gasteiger partial charge in [0.05, 0.1) is 5.02 Å². The molecular formula is C33H40ClF. The van der Waals surface area contributed by atoms with E-state index in [9.17, 15) is 4.39 Å².